The van der Waals surface area contributed by atoms with Gasteiger partial charge in [0.05, 0.1) is 5.57 Å². The van der Waals surface area contributed by atoms with Crippen molar-refractivity contribution >= 4 is 11.5 Å². The summed E-state index contributed by atoms with van der Waals surface area (Å²) in [6.45, 7) is 1.42. The van der Waals surface area contributed by atoms with Crippen molar-refractivity contribution in [3.63, 3.8) is 0 Å². The van der Waals surface area contributed by atoms with E-state index in [4.69, 9.17) is 0 Å². The van der Waals surface area contributed by atoms with Crippen LogP contribution in [-0.4, -0.2) is 36.1 Å². The largest absolute Gasteiger partial charge is 0.478 e. The van der Waals surface area contributed by atoms with Crippen LogP contribution in [0.25, 0.3) is 5.57 Å². The van der Waals surface area contributed by atoms with E-state index in [9.17, 15) is 9.90 Å². The van der Waals surface area contributed by atoms with Crippen molar-refractivity contribution < 1.29 is 59.6 Å². The second-order valence-corrected chi connectivity index (χ2v) is 4.04. The van der Waals surface area contributed by atoms with Crippen LogP contribution in [-0.2, 0) is 23.4 Å². The van der Waals surface area contributed by atoms with Crippen LogP contribution in [0.15, 0.2) is 29.8 Å². The van der Waals surface area contributed by atoms with Gasteiger partial charge in [-0.15, -0.1) is 5.56 Å². The fourth-order valence-electron chi connectivity index (χ4n) is 2.00. The number of hydrogen-bond donors (Lipinski definition) is 1. The topological polar surface area (TPSA) is 40.5 Å². The van der Waals surface area contributed by atoms with Crippen LogP contribution in [0.2, 0.25) is 0 Å². The van der Waals surface area contributed by atoms with Gasteiger partial charge in [-0.05, 0) is 13.5 Å². The van der Waals surface area contributed by atoms with Crippen LogP contribution in [0.3, 0.4) is 0 Å². The smallest absolute Gasteiger partial charge is 0.333 e. The summed E-state index contributed by atoms with van der Waals surface area (Å²) in [5, 5.41) is 9.20. The summed E-state index contributed by atoms with van der Waals surface area (Å²) in [5.41, 5.74) is 2.48. The number of carbonyl (C=O) groups is 1. The monoisotopic (exact) mass is 505 g/mol. The maximum absolute atomic E-state index is 11.2. The van der Waals surface area contributed by atoms with E-state index in [1.165, 1.54) is 0 Å². The zero-order valence-corrected chi connectivity index (χ0v) is 15.7. The molecular formula is C13H14NO2UV-. The van der Waals surface area contributed by atoms with Crippen LogP contribution < -0.4 is 0 Å². The quantitative estimate of drug-likeness (QED) is 0.623. The molecule has 0 unspecified atom stereocenters. The SMILES string of the molecule is CN1CCC(c2cc[c-]cc2)=C(C(=O)O)C1.[U].[V]. The molecule has 18 heavy (non-hydrogen) atoms. The van der Waals surface area contributed by atoms with E-state index in [0.717, 1.165) is 24.1 Å². The molecule has 93 valence electrons. The molecule has 0 spiro atoms. The third kappa shape index (κ3) is 4.29. The zero-order valence-electron chi connectivity index (χ0n) is 10.2. The Morgan fingerprint density at radius 1 is 1.39 bits per heavy atom. The van der Waals surface area contributed by atoms with Crippen molar-refractivity contribution in [3.05, 3.63) is 41.5 Å². The second-order valence-electron chi connectivity index (χ2n) is 4.04. The van der Waals surface area contributed by atoms with Crippen molar-refractivity contribution in [2.24, 2.45) is 0 Å². The first kappa shape index (κ1) is 18.0. The molecule has 0 aliphatic carbocycles. The number of hydrogen-bond acceptors (Lipinski definition) is 2. The maximum atomic E-state index is 11.2. The van der Waals surface area contributed by atoms with Gasteiger partial charge in [-0.2, -0.15) is 30.3 Å². The van der Waals surface area contributed by atoms with E-state index < -0.39 is 5.97 Å². The first-order valence-electron chi connectivity index (χ1n) is 5.29. The van der Waals surface area contributed by atoms with Crippen molar-refractivity contribution in [2.45, 2.75) is 6.42 Å². The van der Waals surface area contributed by atoms with E-state index in [2.05, 4.69) is 6.07 Å². The molecule has 0 fully saturated rings. The van der Waals surface area contributed by atoms with Gasteiger partial charge in [0.1, 0.15) is 0 Å². The number of rotatable bonds is 2. The van der Waals surface area contributed by atoms with Gasteiger partial charge in [-0.25, -0.2) is 4.79 Å². The van der Waals surface area contributed by atoms with E-state index in [0.29, 0.717) is 12.1 Å². The summed E-state index contributed by atoms with van der Waals surface area (Å²) in [7, 11) is 1.94. The van der Waals surface area contributed by atoms with Gasteiger partial charge in [0.2, 0.25) is 0 Å². The van der Waals surface area contributed by atoms with Crippen LogP contribution in [0.5, 0.6) is 0 Å². The Labute approximate surface area is 143 Å². The standard InChI is InChI=1S/C13H14NO2.U.V/c1-14-8-7-11(12(9-14)13(15)16)10-5-3-2-4-6-10;;/h3-6H,7-9H2,1H3,(H,15,16);;/q-1;;. The van der Waals surface area contributed by atoms with Gasteiger partial charge in [0.25, 0.3) is 0 Å². The fourth-order valence-corrected chi connectivity index (χ4v) is 2.00. The first-order valence-corrected chi connectivity index (χ1v) is 5.29. The predicted octanol–water partition coefficient (Wildman–Crippen LogP) is 1.66. The average molecular weight is 505 g/mol. The first-order chi connectivity index (χ1) is 7.68. The predicted molar refractivity (Wildman–Crippen MR) is 61.9 cm³/mol. The van der Waals surface area contributed by atoms with Crippen LogP contribution >= 0.6 is 0 Å². The van der Waals surface area contributed by atoms with Crippen molar-refractivity contribution in [2.75, 3.05) is 20.1 Å². The summed E-state index contributed by atoms with van der Waals surface area (Å²) >= 11 is 0. The summed E-state index contributed by atoms with van der Waals surface area (Å²) in [6, 6.07) is 10.4. The third-order valence-electron chi connectivity index (χ3n) is 2.86. The Balaban J connectivity index is 0.00000144. The van der Waals surface area contributed by atoms with E-state index in [1.807, 2.05) is 36.2 Å². The molecule has 1 aromatic carbocycles. The molecule has 1 aromatic rings. The summed E-state index contributed by atoms with van der Waals surface area (Å²) in [5.74, 6) is -0.811. The van der Waals surface area contributed by atoms with Crippen molar-refractivity contribution in [1.29, 1.82) is 0 Å². The van der Waals surface area contributed by atoms with Gasteiger partial charge in [-0.3, -0.25) is 0 Å². The molecule has 0 atom stereocenters. The molecule has 2 rings (SSSR count). The third-order valence-corrected chi connectivity index (χ3v) is 2.86. The molecule has 1 aliphatic rings. The number of benzene rings is 1. The minimum Gasteiger partial charge on any atom is -0.478 e. The average Bonchev–Trinajstić information content (AvgIpc) is 2.30. The number of likely N-dealkylation sites (N-methyl/N-ethyl adjacent to an activating group) is 1. The van der Waals surface area contributed by atoms with Gasteiger partial charge < -0.3 is 10.0 Å². The zero-order chi connectivity index (χ0) is 11.5. The molecule has 0 aromatic heterocycles. The number of aliphatic carboxylic acids is 1. The summed E-state index contributed by atoms with van der Waals surface area (Å²) < 4.78 is 0. The van der Waals surface area contributed by atoms with Gasteiger partial charge in [-0.1, -0.05) is 5.57 Å². The normalized spacial score (nSPS) is 15.6. The molecule has 1 radical (unpaired) electrons. The molecule has 1 N–H and O–H groups in total. The molecule has 1 aliphatic heterocycles. The molecule has 1 heterocycles. The Morgan fingerprint density at radius 2 is 2.00 bits per heavy atom. The Hall–Kier alpha value is 0.0264. The summed E-state index contributed by atoms with van der Waals surface area (Å²) in [6.07, 6.45) is 0.794. The van der Waals surface area contributed by atoms with Crippen molar-refractivity contribution in [1.82, 2.24) is 4.90 Å². The van der Waals surface area contributed by atoms with Gasteiger partial charge in [0.15, 0.2) is 0 Å². The van der Waals surface area contributed by atoms with Gasteiger partial charge >= 0.3 is 5.97 Å². The minimum absolute atomic E-state index is 0. The number of carboxylic acids is 1. The molecule has 0 bridgehead atoms. The Kier molecular flexibility index (Phi) is 8.26. The van der Waals surface area contributed by atoms with E-state index in [-0.39, 0.29) is 49.7 Å². The van der Waals surface area contributed by atoms with Crippen molar-refractivity contribution in [3.8, 4) is 0 Å². The Bertz CT molecular complexity index is 434. The minimum atomic E-state index is -0.811. The van der Waals surface area contributed by atoms with Crippen LogP contribution in [0.1, 0.15) is 12.0 Å². The van der Waals surface area contributed by atoms with E-state index >= 15 is 0 Å². The molecular weight excluding hydrogens is 491 g/mol. The fraction of sp³-hybridized carbons (Fsp3) is 0.308. The Morgan fingerprint density at radius 3 is 2.56 bits per heavy atom. The number of nitrogens with zero attached hydrogens (tertiary/aromatic N) is 1. The number of carboxylic acid groups (broad SMARTS) is 1. The molecule has 5 heteroatoms. The van der Waals surface area contributed by atoms with E-state index in [1.54, 1.807) is 0 Å². The van der Waals surface area contributed by atoms with Gasteiger partial charge in [0, 0.05) is 62.8 Å². The molecule has 0 amide bonds. The van der Waals surface area contributed by atoms with Crippen LogP contribution in [0, 0.1) is 37.2 Å². The molecule has 3 nitrogen and oxygen atoms in total. The maximum Gasteiger partial charge on any atom is 0.333 e. The second kappa shape index (κ2) is 8.25. The molecule has 0 saturated carbocycles. The van der Waals surface area contributed by atoms with Crippen LogP contribution in [0.4, 0.5) is 0 Å². The summed E-state index contributed by atoms with van der Waals surface area (Å²) in [4.78, 5) is 13.2. The molecule has 0 saturated heterocycles.